The highest BCUT2D eigenvalue weighted by Crippen LogP contribution is 2.33. The van der Waals surface area contributed by atoms with Crippen LogP contribution in [0.4, 0.5) is 5.69 Å². The van der Waals surface area contributed by atoms with Gasteiger partial charge < -0.3 is 15.2 Å². The van der Waals surface area contributed by atoms with Gasteiger partial charge in [-0.15, -0.1) is 0 Å². The third kappa shape index (κ3) is 5.42. The summed E-state index contributed by atoms with van der Waals surface area (Å²) in [6.07, 6.45) is 10.7. The summed E-state index contributed by atoms with van der Waals surface area (Å²) in [6.45, 7) is 12.5. The summed E-state index contributed by atoms with van der Waals surface area (Å²) in [5.74, 6) is 0.647. The van der Waals surface area contributed by atoms with E-state index < -0.39 is 0 Å². The molecule has 1 aliphatic carbocycles. The number of nitrogens with one attached hydrogen (secondary N) is 2. The lowest BCUT2D eigenvalue weighted by Gasteiger charge is -2.34. The van der Waals surface area contributed by atoms with Crippen LogP contribution in [0.2, 0.25) is 0 Å². The molecule has 0 amide bonds. The maximum absolute atomic E-state index is 3.87. The van der Waals surface area contributed by atoms with Gasteiger partial charge in [-0.2, -0.15) is 0 Å². The van der Waals surface area contributed by atoms with Gasteiger partial charge in [-0.05, 0) is 62.8 Å². The zero-order valence-corrected chi connectivity index (χ0v) is 19.9. The van der Waals surface area contributed by atoms with Crippen molar-refractivity contribution in [3.8, 4) is 0 Å². The van der Waals surface area contributed by atoms with Crippen molar-refractivity contribution in [2.45, 2.75) is 52.9 Å². The van der Waals surface area contributed by atoms with Crippen LogP contribution in [0.1, 0.15) is 52.0 Å². The number of hydrogen-bond acceptors (Lipinski definition) is 3. The summed E-state index contributed by atoms with van der Waals surface area (Å²) in [6, 6.07) is 6.70. The molecule has 1 saturated carbocycles. The second-order valence-corrected chi connectivity index (χ2v) is 9.76. The summed E-state index contributed by atoms with van der Waals surface area (Å²) in [4.78, 5) is 8.62. The van der Waals surface area contributed by atoms with Crippen LogP contribution in [0.5, 0.6) is 0 Å². The van der Waals surface area contributed by atoms with E-state index in [4.69, 9.17) is 0 Å². The Bertz CT molecular complexity index is 937. The Kier molecular flexibility index (Phi) is 7.19. The van der Waals surface area contributed by atoms with Crippen LogP contribution in [0.3, 0.4) is 0 Å². The van der Waals surface area contributed by atoms with Crippen LogP contribution < -0.4 is 5.32 Å². The molecule has 2 aliphatic rings. The minimum Gasteiger partial charge on any atom is -0.359 e. The van der Waals surface area contributed by atoms with Crippen molar-refractivity contribution in [2.24, 2.45) is 5.92 Å². The smallest absolute Gasteiger partial charge is 0.0696 e. The Morgan fingerprint density at radius 1 is 1.19 bits per heavy atom. The molecule has 4 rings (SSSR count). The number of aromatic amines is 1. The number of fused-ring (bicyclic) bond motifs is 1. The minimum absolute atomic E-state index is 0.647. The summed E-state index contributed by atoms with van der Waals surface area (Å²) in [7, 11) is 2.23. The molecule has 1 aliphatic heterocycles. The normalized spacial score (nSPS) is 19.5. The zero-order valence-electron chi connectivity index (χ0n) is 19.9. The highest BCUT2D eigenvalue weighted by molar-refractivity contribution is 5.94. The standard InChI is InChI=1S/C27H40N4/c1-5-20(2)16-21(3)17-23-18-28-27-24(23)10-7-11-25(27)29-26(22-8-6-9-22)19-31-14-12-30(4)13-15-31/h7,10-11,16,18,20,28-29H,5-6,8-9,12-15,17,19H2,1-4H3/b21-16-. The first kappa shape index (κ1) is 22.2. The Hall–Kier alpha value is -2.04. The van der Waals surface area contributed by atoms with Gasteiger partial charge in [0.15, 0.2) is 0 Å². The first-order chi connectivity index (χ1) is 15.0. The predicted octanol–water partition coefficient (Wildman–Crippen LogP) is 5.80. The SMILES string of the molecule is CCC(C)/C=C(/C)Cc1c[nH]c2c(NC(CN3CCN(C)CC3)=C3CCC3)cccc12. The van der Waals surface area contributed by atoms with E-state index in [9.17, 15) is 0 Å². The van der Waals surface area contributed by atoms with Gasteiger partial charge in [0.25, 0.3) is 0 Å². The van der Waals surface area contributed by atoms with E-state index in [0.717, 1.165) is 26.1 Å². The van der Waals surface area contributed by atoms with Crippen molar-refractivity contribution >= 4 is 16.6 Å². The zero-order chi connectivity index (χ0) is 21.8. The maximum atomic E-state index is 3.87. The van der Waals surface area contributed by atoms with Crippen molar-refractivity contribution in [1.29, 1.82) is 0 Å². The fourth-order valence-electron chi connectivity index (χ4n) is 4.71. The fraction of sp³-hybridized carbons (Fsp3) is 0.556. The molecule has 0 bridgehead atoms. The topological polar surface area (TPSA) is 34.3 Å². The van der Waals surface area contributed by atoms with E-state index in [1.807, 2.05) is 0 Å². The number of allylic oxidation sites excluding steroid dienone is 3. The molecule has 2 heterocycles. The lowest BCUT2D eigenvalue weighted by molar-refractivity contribution is 0.163. The maximum Gasteiger partial charge on any atom is 0.0696 e. The van der Waals surface area contributed by atoms with Gasteiger partial charge in [0.2, 0.25) is 0 Å². The van der Waals surface area contributed by atoms with E-state index in [-0.39, 0.29) is 0 Å². The van der Waals surface area contributed by atoms with Crippen molar-refractivity contribution in [2.75, 3.05) is 45.1 Å². The van der Waals surface area contributed by atoms with Crippen molar-refractivity contribution in [3.05, 3.63) is 52.9 Å². The molecule has 4 heteroatoms. The van der Waals surface area contributed by atoms with E-state index >= 15 is 0 Å². The number of benzene rings is 1. The Morgan fingerprint density at radius 2 is 1.97 bits per heavy atom. The van der Waals surface area contributed by atoms with Crippen LogP contribution in [0, 0.1) is 5.92 Å². The van der Waals surface area contributed by atoms with Gasteiger partial charge in [-0.3, -0.25) is 4.90 Å². The molecule has 1 unspecified atom stereocenters. The third-order valence-electron chi connectivity index (χ3n) is 7.13. The monoisotopic (exact) mass is 420 g/mol. The summed E-state index contributed by atoms with van der Waals surface area (Å²) in [5.41, 5.74) is 8.37. The van der Waals surface area contributed by atoms with E-state index in [2.05, 4.69) is 78.4 Å². The van der Waals surface area contributed by atoms with Gasteiger partial charge in [-0.1, -0.05) is 44.1 Å². The number of likely N-dealkylation sites (N-methyl/N-ethyl adjacent to an activating group) is 1. The van der Waals surface area contributed by atoms with Gasteiger partial charge in [0.05, 0.1) is 11.2 Å². The van der Waals surface area contributed by atoms with Crippen LogP contribution >= 0.6 is 0 Å². The molecule has 0 spiro atoms. The number of para-hydroxylation sites is 1. The number of piperazine rings is 1. The van der Waals surface area contributed by atoms with Gasteiger partial charge in [-0.25, -0.2) is 0 Å². The Morgan fingerprint density at radius 3 is 2.65 bits per heavy atom. The molecule has 0 radical (unpaired) electrons. The summed E-state index contributed by atoms with van der Waals surface area (Å²) in [5, 5.41) is 5.22. The minimum atomic E-state index is 0.647. The van der Waals surface area contributed by atoms with Crippen LogP contribution in [0.25, 0.3) is 10.9 Å². The largest absolute Gasteiger partial charge is 0.359 e. The third-order valence-corrected chi connectivity index (χ3v) is 7.13. The first-order valence-electron chi connectivity index (χ1n) is 12.2. The van der Waals surface area contributed by atoms with Crippen molar-refractivity contribution < 1.29 is 0 Å². The van der Waals surface area contributed by atoms with E-state index in [0.29, 0.717) is 5.92 Å². The van der Waals surface area contributed by atoms with Gasteiger partial charge in [0.1, 0.15) is 0 Å². The molecular weight excluding hydrogens is 380 g/mol. The summed E-state index contributed by atoms with van der Waals surface area (Å²) < 4.78 is 0. The fourth-order valence-corrected chi connectivity index (χ4v) is 4.71. The lowest BCUT2D eigenvalue weighted by atomic mass is 9.90. The molecule has 168 valence electrons. The van der Waals surface area contributed by atoms with E-state index in [1.165, 1.54) is 72.2 Å². The summed E-state index contributed by atoms with van der Waals surface area (Å²) >= 11 is 0. The molecule has 2 N–H and O–H groups in total. The average molecular weight is 421 g/mol. The molecule has 2 aromatic rings. The van der Waals surface area contributed by atoms with Crippen LogP contribution in [-0.2, 0) is 6.42 Å². The highest BCUT2D eigenvalue weighted by atomic mass is 15.3. The Labute approximate surface area is 188 Å². The second-order valence-electron chi connectivity index (χ2n) is 9.76. The van der Waals surface area contributed by atoms with Crippen molar-refractivity contribution in [1.82, 2.24) is 14.8 Å². The number of rotatable bonds is 8. The highest BCUT2D eigenvalue weighted by Gasteiger charge is 2.21. The molecule has 31 heavy (non-hydrogen) atoms. The number of aromatic nitrogens is 1. The molecule has 2 fully saturated rings. The number of H-pyrrole nitrogens is 1. The molecule has 1 aromatic carbocycles. The van der Waals surface area contributed by atoms with Crippen LogP contribution in [-0.4, -0.2) is 54.6 Å². The van der Waals surface area contributed by atoms with Crippen LogP contribution in [0.15, 0.2) is 47.3 Å². The lowest BCUT2D eigenvalue weighted by Crippen LogP contribution is -2.45. The number of nitrogens with zero attached hydrogens (tertiary/aromatic N) is 2. The average Bonchev–Trinajstić information content (AvgIpc) is 3.12. The molecule has 1 saturated heterocycles. The number of hydrogen-bond donors (Lipinski definition) is 2. The predicted molar refractivity (Wildman–Crippen MR) is 134 cm³/mol. The quantitative estimate of drug-likeness (QED) is 0.530. The molecule has 1 atom stereocenters. The molecule has 1 aromatic heterocycles. The van der Waals surface area contributed by atoms with Crippen molar-refractivity contribution in [3.63, 3.8) is 0 Å². The molecular formula is C27H40N4. The number of anilines is 1. The van der Waals surface area contributed by atoms with Gasteiger partial charge in [0, 0.05) is 50.0 Å². The second kappa shape index (κ2) is 10.1. The Balaban J connectivity index is 1.53. The van der Waals surface area contributed by atoms with Gasteiger partial charge >= 0.3 is 0 Å². The van der Waals surface area contributed by atoms with E-state index in [1.54, 1.807) is 5.57 Å². The molecule has 4 nitrogen and oxygen atoms in total. The first-order valence-corrected chi connectivity index (χ1v) is 12.2.